The molecule has 0 spiro atoms. The highest BCUT2D eigenvalue weighted by atomic mass is 32.2. The average Bonchev–Trinajstić information content (AvgIpc) is 3.04. The molecule has 0 radical (unpaired) electrons. The van der Waals surface area contributed by atoms with Crippen LogP contribution in [0.5, 0.6) is 0 Å². The van der Waals surface area contributed by atoms with Crippen molar-refractivity contribution in [3.05, 3.63) is 128 Å². The van der Waals surface area contributed by atoms with Crippen LogP contribution in [0.4, 0.5) is 22.7 Å². The predicted molar refractivity (Wildman–Crippen MR) is 217 cm³/mol. The van der Waals surface area contributed by atoms with Crippen molar-refractivity contribution in [2.24, 2.45) is 0 Å². The van der Waals surface area contributed by atoms with Gasteiger partial charge in [0.1, 0.15) is 9.79 Å². The minimum atomic E-state index is -5.09. The lowest BCUT2D eigenvalue weighted by Gasteiger charge is -2.24. The molecule has 14 nitrogen and oxygen atoms in total. The first-order valence-corrected chi connectivity index (χ1v) is 22.9. The van der Waals surface area contributed by atoms with E-state index in [9.17, 15) is 51.9 Å². The van der Waals surface area contributed by atoms with Gasteiger partial charge in [-0.15, -0.1) is 0 Å². The first-order chi connectivity index (χ1) is 26.1. The second-order valence-electron chi connectivity index (χ2n) is 14.1. The minimum absolute atomic E-state index is 0.0313. The summed E-state index contributed by atoms with van der Waals surface area (Å²) in [4.78, 5) is -1.98. The van der Waals surface area contributed by atoms with Crippen molar-refractivity contribution in [2.75, 3.05) is 10.6 Å². The molecule has 0 fully saturated rings. The molecule has 0 aliphatic rings. The highest BCUT2D eigenvalue weighted by Crippen LogP contribution is 2.41. The van der Waals surface area contributed by atoms with Gasteiger partial charge in [-0.25, -0.2) is 0 Å². The Morgan fingerprint density at radius 3 is 1.18 bits per heavy atom. The van der Waals surface area contributed by atoms with E-state index in [1.54, 1.807) is 104 Å². The summed E-state index contributed by atoms with van der Waals surface area (Å²) in [5.41, 5.74) is 6.85. The molecule has 0 aliphatic carbocycles. The zero-order chi connectivity index (χ0) is 42.7. The van der Waals surface area contributed by atoms with Gasteiger partial charge in [-0.3, -0.25) is 18.2 Å². The highest BCUT2D eigenvalue weighted by Gasteiger charge is 2.29. The molecule has 0 saturated carbocycles. The number of aryl methyl sites for hydroxylation is 6. The van der Waals surface area contributed by atoms with Gasteiger partial charge in [-0.1, -0.05) is 42.5 Å². The van der Waals surface area contributed by atoms with Crippen LogP contribution in [0.3, 0.4) is 0 Å². The third-order valence-corrected chi connectivity index (χ3v) is 13.9. The molecular weight excluding hydrogens is 817 g/mol. The van der Waals surface area contributed by atoms with Crippen LogP contribution in [0.2, 0.25) is 0 Å². The minimum Gasteiger partial charge on any atom is -0.355 e. The lowest BCUT2D eigenvalue weighted by Crippen LogP contribution is -2.13. The van der Waals surface area contributed by atoms with E-state index in [4.69, 9.17) is 0 Å². The van der Waals surface area contributed by atoms with Crippen LogP contribution in [0.1, 0.15) is 67.1 Å². The average molecular weight is 859 g/mol. The largest absolute Gasteiger partial charge is 0.355 e. The van der Waals surface area contributed by atoms with Gasteiger partial charge in [0.05, 0.1) is 9.79 Å². The number of anilines is 4. The van der Waals surface area contributed by atoms with Crippen LogP contribution < -0.4 is 10.6 Å². The second kappa shape index (κ2) is 15.3. The fourth-order valence-corrected chi connectivity index (χ4v) is 10.7. The van der Waals surface area contributed by atoms with Crippen LogP contribution in [0.25, 0.3) is 0 Å². The lowest BCUT2D eigenvalue weighted by atomic mass is 9.83. The van der Waals surface area contributed by atoms with Gasteiger partial charge in [0.15, 0.2) is 0 Å². The Hall–Kier alpha value is -4.66. The second-order valence-corrected chi connectivity index (χ2v) is 19.6. The molecule has 0 bridgehead atoms. The Kier molecular flexibility index (Phi) is 11.6. The first kappa shape index (κ1) is 43.5. The van der Waals surface area contributed by atoms with Crippen molar-refractivity contribution < 1.29 is 51.9 Å². The Bertz CT molecular complexity index is 2800. The topological polar surface area (TPSA) is 242 Å². The molecule has 0 aromatic heterocycles. The SMILES string of the molecule is Cc1cc(C(c2ccc(Nc3c(C)cc(C)c(S(=O)(=O)O)c3C)c(C)c2)c2ccc(S(=O)(=O)O)cc2S(=O)(=O)O)ccc1Nc1c(C)cc(C)c(S(=O)(=O)O)c1C. The third-order valence-electron chi connectivity index (χ3n) is 9.88. The molecule has 0 saturated heterocycles. The van der Waals surface area contributed by atoms with Gasteiger partial charge < -0.3 is 10.6 Å². The summed E-state index contributed by atoms with van der Waals surface area (Å²) in [7, 11) is -19.1. The molecule has 0 aliphatic heterocycles. The van der Waals surface area contributed by atoms with Crippen LogP contribution in [0.15, 0.2) is 86.3 Å². The van der Waals surface area contributed by atoms with Gasteiger partial charge in [0, 0.05) is 28.7 Å². The van der Waals surface area contributed by atoms with Gasteiger partial charge in [-0.2, -0.15) is 33.7 Å². The van der Waals surface area contributed by atoms with Crippen molar-refractivity contribution in [3.63, 3.8) is 0 Å². The molecule has 57 heavy (non-hydrogen) atoms. The first-order valence-electron chi connectivity index (χ1n) is 17.1. The van der Waals surface area contributed by atoms with Crippen molar-refractivity contribution in [3.8, 4) is 0 Å². The van der Waals surface area contributed by atoms with Gasteiger partial charge in [0.25, 0.3) is 40.5 Å². The van der Waals surface area contributed by atoms with Gasteiger partial charge in [-0.05, 0) is 141 Å². The maximum Gasteiger partial charge on any atom is 0.295 e. The van der Waals surface area contributed by atoms with Crippen LogP contribution in [0, 0.1) is 55.4 Å². The van der Waals surface area contributed by atoms with Crippen molar-refractivity contribution in [2.45, 2.75) is 80.9 Å². The quantitative estimate of drug-likeness (QED) is 0.0549. The van der Waals surface area contributed by atoms with E-state index < -0.39 is 56.2 Å². The monoisotopic (exact) mass is 858 g/mol. The van der Waals surface area contributed by atoms with E-state index in [0.717, 1.165) is 6.07 Å². The molecule has 5 rings (SSSR count). The summed E-state index contributed by atoms with van der Waals surface area (Å²) >= 11 is 0. The summed E-state index contributed by atoms with van der Waals surface area (Å²) in [5, 5.41) is 6.50. The summed E-state index contributed by atoms with van der Waals surface area (Å²) in [6.45, 7) is 13.3. The van der Waals surface area contributed by atoms with Gasteiger partial charge >= 0.3 is 0 Å². The fourth-order valence-electron chi connectivity index (χ4n) is 7.48. The molecular formula is C39H42N2O12S4. The van der Waals surface area contributed by atoms with Crippen molar-refractivity contribution in [1.29, 1.82) is 0 Å². The van der Waals surface area contributed by atoms with E-state index in [2.05, 4.69) is 10.6 Å². The molecule has 6 N–H and O–H groups in total. The smallest absolute Gasteiger partial charge is 0.295 e. The van der Waals surface area contributed by atoms with E-state index >= 15 is 0 Å². The summed E-state index contributed by atoms with van der Waals surface area (Å²) in [5.74, 6) is -0.985. The van der Waals surface area contributed by atoms with Crippen LogP contribution >= 0.6 is 0 Å². The molecule has 0 unspecified atom stereocenters. The van der Waals surface area contributed by atoms with E-state index in [-0.39, 0.29) is 15.4 Å². The van der Waals surface area contributed by atoms with E-state index in [1.807, 2.05) is 0 Å². The molecule has 5 aromatic rings. The number of hydrogen-bond donors (Lipinski definition) is 6. The van der Waals surface area contributed by atoms with Crippen molar-refractivity contribution in [1.82, 2.24) is 0 Å². The molecule has 304 valence electrons. The normalized spacial score (nSPS) is 12.6. The molecule has 18 heteroatoms. The standard InChI is InChI=1S/C39H42N2O12S4/c1-20-17-28(9-13-32(20)40-36-22(3)15-24(5)38(26(36)7)56(48,49)50)35(31-12-11-30(54(42,43)44)19-34(31)55(45,46)47)29-10-14-33(21(2)18-29)41-37-23(4)16-25(6)39(27(37)8)57(51,52)53/h9-19,35,40-41H,1-8H3,(H,42,43,44)(H,45,46,47)(H,48,49,50)(H,51,52,53). The molecule has 0 atom stereocenters. The highest BCUT2D eigenvalue weighted by molar-refractivity contribution is 7.87. The summed E-state index contributed by atoms with van der Waals surface area (Å²) in [6.07, 6.45) is 0. The molecule has 0 heterocycles. The Labute approximate surface area is 333 Å². The number of hydrogen-bond acceptors (Lipinski definition) is 10. The zero-order valence-corrected chi connectivity index (χ0v) is 35.4. The summed E-state index contributed by atoms with van der Waals surface area (Å²) in [6, 6.07) is 16.3. The maximum atomic E-state index is 12.9. The number of nitrogens with one attached hydrogen (secondary N) is 2. The fraction of sp³-hybridized carbons (Fsp3) is 0.231. The Balaban J connectivity index is 1.70. The number of benzene rings is 5. The molecule has 0 amide bonds. The maximum absolute atomic E-state index is 12.9. The lowest BCUT2D eigenvalue weighted by molar-refractivity contribution is 0.477. The number of rotatable bonds is 11. The Morgan fingerprint density at radius 1 is 0.439 bits per heavy atom. The Morgan fingerprint density at radius 2 is 0.842 bits per heavy atom. The predicted octanol–water partition coefficient (Wildman–Crippen LogP) is 7.81. The van der Waals surface area contributed by atoms with Crippen molar-refractivity contribution >= 4 is 63.2 Å². The summed E-state index contributed by atoms with van der Waals surface area (Å²) < 4.78 is 139. The third kappa shape index (κ3) is 8.92. The van der Waals surface area contributed by atoms with Gasteiger partial charge in [0.2, 0.25) is 0 Å². The van der Waals surface area contributed by atoms with E-state index in [0.29, 0.717) is 84.5 Å². The van der Waals surface area contributed by atoms with E-state index in [1.165, 1.54) is 6.07 Å². The molecule has 5 aromatic carbocycles. The van der Waals surface area contributed by atoms with Crippen LogP contribution in [-0.4, -0.2) is 51.9 Å². The zero-order valence-electron chi connectivity index (χ0n) is 32.1. The van der Waals surface area contributed by atoms with Crippen LogP contribution in [-0.2, 0) is 40.5 Å².